The number of hydrogen-bond donors (Lipinski definition) is 2. The van der Waals surface area contributed by atoms with E-state index in [1.165, 1.54) is 0 Å². The van der Waals surface area contributed by atoms with Gasteiger partial charge in [-0.15, -0.1) is 0 Å². The lowest BCUT2D eigenvalue weighted by atomic mass is 10.1. The zero-order chi connectivity index (χ0) is 16.8. The van der Waals surface area contributed by atoms with Crippen LogP contribution in [0.25, 0.3) is 11.3 Å². The number of nitrogens with one attached hydrogen (secondary N) is 1. The summed E-state index contributed by atoms with van der Waals surface area (Å²) in [5, 5.41) is 16.4. The molecule has 0 saturated carbocycles. The van der Waals surface area contributed by atoms with E-state index in [1.807, 2.05) is 31.2 Å². The first-order chi connectivity index (χ1) is 11.1. The topological polar surface area (TPSA) is 76.4 Å². The van der Waals surface area contributed by atoms with Crippen LogP contribution in [0.3, 0.4) is 0 Å². The van der Waals surface area contributed by atoms with E-state index in [2.05, 4.69) is 10.4 Å². The van der Waals surface area contributed by atoms with Crippen molar-refractivity contribution in [3.63, 3.8) is 0 Å². The SMILES string of the molecule is CCC(CCO)NC(=O)c1cn(C)nc1-c1ccccc1OC. The van der Waals surface area contributed by atoms with E-state index in [9.17, 15) is 4.79 Å². The summed E-state index contributed by atoms with van der Waals surface area (Å²) in [6.45, 7) is 2.02. The maximum atomic E-state index is 12.6. The van der Waals surface area contributed by atoms with Crippen LogP contribution in [0.2, 0.25) is 0 Å². The molecule has 1 unspecified atom stereocenters. The van der Waals surface area contributed by atoms with Crippen molar-refractivity contribution in [1.82, 2.24) is 15.1 Å². The van der Waals surface area contributed by atoms with Crippen molar-refractivity contribution in [2.75, 3.05) is 13.7 Å². The lowest BCUT2D eigenvalue weighted by molar-refractivity contribution is 0.0929. The van der Waals surface area contributed by atoms with E-state index < -0.39 is 0 Å². The van der Waals surface area contributed by atoms with Gasteiger partial charge in [-0.05, 0) is 25.0 Å². The number of ether oxygens (including phenoxy) is 1. The highest BCUT2D eigenvalue weighted by Gasteiger charge is 2.21. The van der Waals surface area contributed by atoms with Gasteiger partial charge in [-0.2, -0.15) is 5.10 Å². The minimum Gasteiger partial charge on any atom is -0.496 e. The first kappa shape index (κ1) is 17.0. The molecule has 0 aliphatic rings. The average Bonchev–Trinajstić information content (AvgIpc) is 2.96. The summed E-state index contributed by atoms with van der Waals surface area (Å²) >= 11 is 0. The van der Waals surface area contributed by atoms with E-state index in [0.717, 1.165) is 12.0 Å². The molecule has 0 bridgehead atoms. The second-order valence-electron chi connectivity index (χ2n) is 5.36. The molecular formula is C17H23N3O3. The van der Waals surface area contributed by atoms with E-state index in [4.69, 9.17) is 9.84 Å². The number of aromatic nitrogens is 2. The van der Waals surface area contributed by atoms with Crippen molar-refractivity contribution in [3.05, 3.63) is 36.0 Å². The van der Waals surface area contributed by atoms with Gasteiger partial charge in [0.2, 0.25) is 0 Å². The summed E-state index contributed by atoms with van der Waals surface area (Å²) < 4.78 is 6.99. The number of hydrogen-bond acceptors (Lipinski definition) is 4. The smallest absolute Gasteiger partial charge is 0.255 e. The Bertz CT molecular complexity index is 667. The Morgan fingerprint density at radius 3 is 2.83 bits per heavy atom. The van der Waals surface area contributed by atoms with Crippen LogP contribution in [-0.4, -0.2) is 40.6 Å². The Morgan fingerprint density at radius 1 is 1.43 bits per heavy atom. The van der Waals surface area contributed by atoms with E-state index in [1.54, 1.807) is 25.0 Å². The Kier molecular flexibility index (Phi) is 5.76. The average molecular weight is 317 g/mol. The van der Waals surface area contributed by atoms with Crippen LogP contribution >= 0.6 is 0 Å². The van der Waals surface area contributed by atoms with Gasteiger partial charge in [0.25, 0.3) is 5.91 Å². The molecule has 1 atom stereocenters. The molecule has 2 N–H and O–H groups in total. The second-order valence-corrected chi connectivity index (χ2v) is 5.36. The number of carbonyl (C=O) groups is 1. The van der Waals surface area contributed by atoms with Crippen molar-refractivity contribution in [3.8, 4) is 17.0 Å². The minimum absolute atomic E-state index is 0.0468. The van der Waals surface area contributed by atoms with Crippen molar-refractivity contribution in [2.45, 2.75) is 25.8 Å². The molecule has 2 aromatic rings. The fourth-order valence-corrected chi connectivity index (χ4v) is 2.49. The number of aliphatic hydroxyl groups is 1. The van der Waals surface area contributed by atoms with Crippen LogP contribution in [0.15, 0.2) is 30.5 Å². The number of amides is 1. The van der Waals surface area contributed by atoms with Gasteiger partial charge in [-0.25, -0.2) is 0 Å². The van der Waals surface area contributed by atoms with E-state index in [0.29, 0.717) is 23.4 Å². The third kappa shape index (κ3) is 3.90. The molecule has 1 aromatic heterocycles. The molecule has 1 heterocycles. The summed E-state index contributed by atoms with van der Waals surface area (Å²) in [6, 6.07) is 7.42. The molecule has 0 spiro atoms. The summed E-state index contributed by atoms with van der Waals surface area (Å²) in [5.74, 6) is 0.474. The molecule has 1 amide bonds. The third-order valence-corrected chi connectivity index (χ3v) is 3.74. The zero-order valence-corrected chi connectivity index (χ0v) is 13.7. The predicted molar refractivity (Wildman–Crippen MR) is 88.4 cm³/mol. The quantitative estimate of drug-likeness (QED) is 0.819. The number of aliphatic hydroxyl groups excluding tert-OH is 1. The van der Waals surface area contributed by atoms with Crippen LogP contribution < -0.4 is 10.1 Å². The van der Waals surface area contributed by atoms with Gasteiger partial charge in [0.1, 0.15) is 11.4 Å². The predicted octanol–water partition coefficient (Wildman–Crippen LogP) is 1.99. The summed E-state index contributed by atoms with van der Waals surface area (Å²) in [7, 11) is 3.37. The molecule has 6 heteroatoms. The largest absolute Gasteiger partial charge is 0.496 e. The molecule has 2 rings (SSSR count). The fraction of sp³-hybridized carbons (Fsp3) is 0.412. The first-order valence-corrected chi connectivity index (χ1v) is 7.69. The van der Waals surface area contributed by atoms with Gasteiger partial charge < -0.3 is 15.2 Å². The Labute approximate surface area is 136 Å². The normalized spacial score (nSPS) is 12.0. The number of aryl methyl sites for hydroxylation is 1. The first-order valence-electron chi connectivity index (χ1n) is 7.69. The Hall–Kier alpha value is -2.34. The van der Waals surface area contributed by atoms with Gasteiger partial charge >= 0.3 is 0 Å². The summed E-state index contributed by atoms with van der Waals surface area (Å²) in [6.07, 6.45) is 2.99. The molecule has 0 radical (unpaired) electrons. The number of benzene rings is 1. The van der Waals surface area contributed by atoms with Gasteiger partial charge in [0.15, 0.2) is 0 Å². The lowest BCUT2D eigenvalue weighted by Gasteiger charge is -2.15. The van der Waals surface area contributed by atoms with Crippen molar-refractivity contribution >= 4 is 5.91 Å². The lowest BCUT2D eigenvalue weighted by Crippen LogP contribution is -2.35. The van der Waals surface area contributed by atoms with Gasteiger partial charge in [-0.3, -0.25) is 9.48 Å². The maximum Gasteiger partial charge on any atom is 0.255 e. The van der Waals surface area contributed by atoms with Gasteiger partial charge in [-0.1, -0.05) is 19.1 Å². The molecule has 0 aliphatic carbocycles. The van der Waals surface area contributed by atoms with Crippen LogP contribution in [0, 0.1) is 0 Å². The number of methoxy groups -OCH3 is 1. The highest BCUT2D eigenvalue weighted by molar-refractivity contribution is 6.00. The van der Waals surface area contributed by atoms with Crippen LogP contribution in [0.5, 0.6) is 5.75 Å². The highest BCUT2D eigenvalue weighted by atomic mass is 16.5. The Morgan fingerprint density at radius 2 is 2.17 bits per heavy atom. The molecule has 1 aromatic carbocycles. The minimum atomic E-state index is -0.195. The molecule has 0 aliphatic heterocycles. The van der Waals surface area contributed by atoms with Crippen LogP contribution in [0.1, 0.15) is 30.1 Å². The van der Waals surface area contributed by atoms with Crippen molar-refractivity contribution in [2.24, 2.45) is 7.05 Å². The number of carbonyl (C=O) groups excluding carboxylic acids is 1. The molecule has 124 valence electrons. The molecular weight excluding hydrogens is 294 g/mol. The third-order valence-electron chi connectivity index (χ3n) is 3.74. The number of para-hydroxylation sites is 1. The second kappa shape index (κ2) is 7.78. The monoisotopic (exact) mass is 317 g/mol. The van der Waals surface area contributed by atoms with Crippen molar-refractivity contribution in [1.29, 1.82) is 0 Å². The molecule has 23 heavy (non-hydrogen) atoms. The van der Waals surface area contributed by atoms with Crippen LogP contribution in [0.4, 0.5) is 0 Å². The summed E-state index contributed by atoms with van der Waals surface area (Å²) in [4.78, 5) is 12.6. The van der Waals surface area contributed by atoms with E-state index >= 15 is 0 Å². The number of nitrogens with zero attached hydrogens (tertiary/aromatic N) is 2. The highest BCUT2D eigenvalue weighted by Crippen LogP contribution is 2.30. The Balaban J connectivity index is 2.35. The summed E-state index contributed by atoms with van der Waals surface area (Å²) in [5.41, 5.74) is 1.85. The van der Waals surface area contributed by atoms with Gasteiger partial charge in [0, 0.05) is 31.5 Å². The molecule has 6 nitrogen and oxygen atoms in total. The van der Waals surface area contributed by atoms with E-state index in [-0.39, 0.29) is 18.6 Å². The van der Waals surface area contributed by atoms with Gasteiger partial charge in [0.05, 0.1) is 12.7 Å². The molecule has 0 fully saturated rings. The standard InChI is InChI=1S/C17H23N3O3/c1-4-12(9-10-21)18-17(22)14-11-20(2)19-16(14)13-7-5-6-8-15(13)23-3/h5-8,11-12,21H,4,9-10H2,1-3H3,(H,18,22). The zero-order valence-electron chi connectivity index (χ0n) is 13.7. The number of rotatable bonds is 7. The van der Waals surface area contributed by atoms with Crippen LogP contribution in [-0.2, 0) is 7.05 Å². The maximum absolute atomic E-state index is 12.6. The fourth-order valence-electron chi connectivity index (χ4n) is 2.49. The van der Waals surface area contributed by atoms with Crippen molar-refractivity contribution < 1.29 is 14.6 Å². The molecule has 0 saturated heterocycles.